The summed E-state index contributed by atoms with van der Waals surface area (Å²) in [5.41, 5.74) is 1.45. The van der Waals surface area contributed by atoms with Gasteiger partial charge in [-0.05, 0) is 13.8 Å². The second-order valence-corrected chi connectivity index (χ2v) is 3.85. The molecule has 0 aliphatic heterocycles. The lowest BCUT2D eigenvalue weighted by atomic mass is 10.4. The van der Waals surface area contributed by atoms with Gasteiger partial charge in [-0.1, -0.05) is 0 Å². The van der Waals surface area contributed by atoms with Crippen molar-refractivity contribution in [2.45, 2.75) is 13.8 Å². The van der Waals surface area contributed by atoms with E-state index in [0.717, 1.165) is 23.7 Å². The Morgan fingerprint density at radius 2 is 2.22 bits per heavy atom. The number of aromatic nitrogens is 6. The fourth-order valence-electron chi connectivity index (χ4n) is 1.83. The Labute approximate surface area is 103 Å². The quantitative estimate of drug-likeness (QED) is 0.723. The van der Waals surface area contributed by atoms with Gasteiger partial charge < -0.3 is 10.3 Å². The van der Waals surface area contributed by atoms with Crippen molar-refractivity contribution in [2.75, 3.05) is 11.9 Å². The average Bonchev–Trinajstić information content (AvgIpc) is 2.97. The highest BCUT2D eigenvalue weighted by Gasteiger charge is 2.12. The summed E-state index contributed by atoms with van der Waals surface area (Å²) < 4.78 is 1.91. The summed E-state index contributed by atoms with van der Waals surface area (Å²) in [6.07, 6.45) is 5.23. The van der Waals surface area contributed by atoms with Crippen LogP contribution in [0.1, 0.15) is 12.7 Å². The summed E-state index contributed by atoms with van der Waals surface area (Å²) in [5, 5.41) is 3.10. The number of anilines is 1. The molecule has 0 fully saturated rings. The monoisotopic (exact) mass is 243 g/mol. The van der Waals surface area contributed by atoms with Crippen molar-refractivity contribution in [1.29, 1.82) is 0 Å². The molecule has 0 saturated heterocycles. The van der Waals surface area contributed by atoms with E-state index in [0.29, 0.717) is 11.6 Å². The fraction of sp³-hybridized carbons (Fsp3) is 0.273. The SMILES string of the molecule is CCNc1nc(-n2ccnc2C)c2[nH]cnc2n1. The number of rotatable bonds is 3. The first-order valence-electron chi connectivity index (χ1n) is 5.75. The van der Waals surface area contributed by atoms with Gasteiger partial charge in [-0.15, -0.1) is 0 Å². The maximum atomic E-state index is 4.50. The molecule has 0 saturated carbocycles. The Hall–Kier alpha value is -2.44. The van der Waals surface area contributed by atoms with Crippen LogP contribution in [-0.2, 0) is 0 Å². The van der Waals surface area contributed by atoms with Crippen LogP contribution in [0.15, 0.2) is 18.7 Å². The first-order chi connectivity index (χ1) is 8.79. The zero-order valence-electron chi connectivity index (χ0n) is 10.2. The van der Waals surface area contributed by atoms with Gasteiger partial charge in [0.1, 0.15) is 11.3 Å². The lowest BCUT2D eigenvalue weighted by Gasteiger charge is -2.07. The molecule has 0 spiro atoms. The molecule has 7 heteroatoms. The first kappa shape index (κ1) is 10.7. The predicted molar refractivity (Wildman–Crippen MR) is 67.7 cm³/mol. The van der Waals surface area contributed by atoms with E-state index in [9.17, 15) is 0 Å². The summed E-state index contributed by atoms with van der Waals surface area (Å²) in [4.78, 5) is 20.3. The third-order valence-electron chi connectivity index (χ3n) is 2.66. The number of fused-ring (bicyclic) bond motifs is 1. The minimum atomic E-state index is 0.570. The average molecular weight is 243 g/mol. The predicted octanol–water partition coefficient (Wildman–Crippen LogP) is 1.28. The highest BCUT2D eigenvalue weighted by atomic mass is 15.2. The first-order valence-corrected chi connectivity index (χ1v) is 5.75. The summed E-state index contributed by atoms with van der Waals surface area (Å²) in [5.74, 6) is 2.19. The van der Waals surface area contributed by atoms with Crippen molar-refractivity contribution in [1.82, 2.24) is 29.5 Å². The number of H-pyrrole nitrogens is 1. The Kier molecular flexibility index (Phi) is 2.44. The lowest BCUT2D eigenvalue weighted by molar-refractivity contribution is 0.929. The van der Waals surface area contributed by atoms with Gasteiger partial charge in [-0.3, -0.25) is 4.57 Å². The van der Waals surface area contributed by atoms with E-state index in [1.165, 1.54) is 0 Å². The van der Waals surface area contributed by atoms with Gasteiger partial charge in [0.15, 0.2) is 11.5 Å². The van der Waals surface area contributed by atoms with Gasteiger partial charge in [0.25, 0.3) is 0 Å². The van der Waals surface area contributed by atoms with Gasteiger partial charge in [-0.2, -0.15) is 9.97 Å². The Bertz CT molecular complexity index is 682. The molecule has 18 heavy (non-hydrogen) atoms. The molecule has 0 amide bonds. The second-order valence-electron chi connectivity index (χ2n) is 3.85. The van der Waals surface area contributed by atoms with Crippen LogP contribution in [0.4, 0.5) is 5.95 Å². The van der Waals surface area contributed by atoms with Gasteiger partial charge in [0.05, 0.1) is 6.33 Å². The molecule has 3 aromatic heterocycles. The van der Waals surface area contributed by atoms with Crippen LogP contribution >= 0.6 is 0 Å². The van der Waals surface area contributed by atoms with Crippen molar-refractivity contribution in [3.63, 3.8) is 0 Å². The molecule has 0 aliphatic carbocycles. The van der Waals surface area contributed by atoms with Crippen molar-refractivity contribution < 1.29 is 0 Å². The van der Waals surface area contributed by atoms with Crippen molar-refractivity contribution in [2.24, 2.45) is 0 Å². The molecular formula is C11H13N7. The van der Waals surface area contributed by atoms with E-state index in [-0.39, 0.29) is 0 Å². The second kappa shape index (κ2) is 4.10. The van der Waals surface area contributed by atoms with E-state index < -0.39 is 0 Å². The standard InChI is InChI=1S/C11H13N7/c1-3-12-11-16-9-8(14-6-15-9)10(17-11)18-5-4-13-7(18)2/h4-6H,3H2,1-2H3,(H2,12,14,15,16,17). The van der Waals surface area contributed by atoms with Gasteiger partial charge in [0, 0.05) is 18.9 Å². The number of nitrogens with zero attached hydrogens (tertiary/aromatic N) is 5. The number of imidazole rings is 2. The van der Waals surface area contributed by atoms with Crippen molar-refractivity contribution in [3.05, 3.63) is 24.5 Å². The smallest absolute Gasteiger partial charge is 0.226 e. The largest absolute Gasteiger partial charge is 0.354 e. The number of hydrogen-bond acceptors (Lipinski definition) is 5. The van der Waals surface area contributed by atoms with Crippen LogP contribution in [0.3, 0.4) is 0 Å². The van der Waals surface area contributed by atoms with Crippen molar-refractivity contribution in [3.8, 4) is 5.82 Å². The molecule has 0 bridgehead atoms. The van der Waals surface area contributed by atoms with E-state index in [1.807, 2.05) is 24.6 Å². The number of nitrogens with one attached hydrogen (secondary N) is 2. The summed E-state index contributed by atoms with van der Waals surface area (Å²) >= 11 is 0. The Balaban J connectivity index is 2.26. The maximum Gasteiger partial charge on any atom is 0.226 e. The zero-order valence-corrected chi connectivity index (χ0v) is 10.2. The Morgan fingerprint density at radius 1 is 1.33 bits per heavy atom. The zero-order chi connectivity index (χ0) is 12.5. The van der Waals surface area contributed by atoms with Crippen LogP contribution in [0.2, 0.25) is 0 Å². The normalized spacial score (nSPS) is 11.0. The summed E-state index contributed by atoms with van der Waals surface area (Å²) in [6, 6.07) is 0. The molecule has 0 aromatic carbocycles. The third kappa shape index (κ3) is 1.60. The van der Waals surface area contributed by atoms with E-state index >= 15 is 0 Å². The highest BCUT2D eigenvalue weighted by Crippen LogP contribution is 2.18. The van der Waals surface area contributed by atoms with E-state index in [2.05, 4.69) is 30.2 Å². The number of aromatic amines is 1. The molecule has 0 radical (unpaired) electrons. The van der Waals surface area contributed by atoms with Gasteiger partial charge in [0.2, 0.25) is 5.95 Å². The van der Waals surface area contributed by atoms with E-state index in [4.69, 9.17) is 0 Å². The Morgan fingerprint density at radius 3 is 2.94 bits per heavy atom. The third-order valence-corrected chi connectivity index (χ3v) is 2.66. The van der Waals surface area contributed by atoms with Crippen LogP contribution in [0.25, 0.3) is 17.0 Å². The molecule has 3 aromatic rings. The molecule has 0 atom stereocenters. The molecule has 0 unspecified atom stereocenters. The fourth-order valence-corrected chi connectivity index (χ4v) is 1.83. The lowest BCUT2D eigenvalue weighted by Crippen LogP contribution is -2.07. The van der Waals surface area contributed by atoms with Gasteiger partial charge >= 0.3 is 0 Å². The number of hydrogen-bond donors (Lipinski definition) is 2. The molecule has 3 heterocycles. The van der Waals surface area contributed by atoms with Crippen LogP contribution < -0.4 is 5.32 Å². The molecule has 7 nitrogen and oxygen atoms in total. The highest BCUT2D eigenvalue weighted by molar-refractivity contribution is 5.79. The minimum absolute atomic E-state index is 0.570. The summed E-state index contributed by atoms with van der Waals surface area (Å²) in [7, 11) is 0. The summed E-state index contributed by atoms with van der Waals surface area (Å²) in [6.45, 7) is 4.69. The molecule has 3 rings (SSSR count). The number of aryl methyl sites for hydroxylation is 1. The maximum absolute atomic E-state index is 4.50. The minimum Gasteiger partial charge on any atom is -0.354 e. The van der Waals surface area contributed by atoms with Gasteiger partial charge in [-0.25, -0.2) is 9.97 Å². The topological polar surface area (TPSA) is 84.3 Å². The molecule has 92 valence electrons. The van der Waals surface area contributed by atoms with Crippen LogP contribution in [0.5, 0.6) is 0 Å². The van der Waals surface area contributed by atoms with Crippen LogP contribution in [0, 0.1) is 6.92 Å². The molecule has 0 aliphatic rings. The van der Waals surface area contributed by atoms with E-state index in [1.54, 1.807) is 12.5 Å². The molecule has 2 N–H and O–H groups in total. The van der Waals surface area contributed by atoms with Crippen molar-refractivity contribution >= 4 is 17.1 Å². The van der Waals surface area contributed by atoms with Crippen LogP contribution in [-0.4, -0.2) is 36.0 Å². The molecular weight excluding hydrogens is 230 g/mol.